The Bertz CT molecular complexity index is 269. The second-order valence-corrected chi connectivity index (χ2v) is 4.86. The van der Waals surface area contributed by atoms with Crippen molar-refractivity contribution < 1.29 is 0 Å². The van der Waals surface area contributed by atoms with Crippen molar-refractivity contribution in [3.63, 3.8) is 0 Å². The van der Waals surface area contributed by atoms with E-state index in [0.717, 1.165) is 13.0 Å². The van der Waals surface area contributed by atoms with Crippen LogP contribution in [0.25, 0.3) is 0 Å². The number of nitrogens with zero attached hydrogens (tertiary/aromatic N) is 1. The number of unbranched alkanes of at least 4 members (excludes halogenated alkanes) is 3. The first-order valence-corrected chi connectivity index (χ1v) is 6.99. The zero-order valence-electron chi connectivity index (χ0n) is 10.1. The van der Waals surface area contributed by atoms with Crippen LogP contribution in [0.3, 0.4) is 0 Å². The average molecular weight is 238 g/mol. The van der Waals surface area contributed by atoms with Crippen molar-refractivity contribution in [3.05, 3.63) is 29.2 Å². The van der Waals surface area contributed by atoms with Gasteiger partial charge in [-0.15, -0.1) is 17.9 Å². The second kappa shape index (κ2) is 8.48. The molecular formula is C13H22N2S. The molecule has 1 heterocycles. The highest BCUT2D eigenvalue weighted by atomic mass is 32.1. The molecule has 0 aliphatic heterocycles. The Kier molecular flexibility index (Phi) is 7.10. The predicted octanol–water partition coefficient (Wildman–Crippen LogP) is 3.93. The van der Waals surface area contributed by atoms with Crippen LogP contribution in [0.15, 0.2) is 24.4 Å². The van der Waals surface area contributed by atoms with Crippen molar-refractivity contribution in [1.29, 1.82) is 0 Å². The van der Waals surface area contributed by atoms with Crippen LogP contribution in [0.5, 0.6) is 0 Å². The van der Waals surface area contributed by atoms with Crippen LogP contribution in [0.2, 0.25) is 0 Å². The molecule has 0 saturated heterocycles. The van der Waals surface area contributed by atoms with Crippen LogP contribution in [-0.4, -0.2) is 11.5 Å². The summed E-state index contributed by atoms with van der Waals surface area (Å²) in [4.78, 5) is 5.51. The van der Waals surface area contributed by atoms with Crippen molar-refractivity contribution in [2.24, 2.45) is 0 Å². The van der Waals surface area contributed by atoms with Crippen LogP contribution in [0, 0.1) is 0 Å². The molecule has 0 aliphatic carbocycles. The van der Waals surface area contributed by atoms with Crippen LogP contribution < -0.4 is 5.32 Å². The van der Waals surface area contributed by atoms with E-state index in [2.05, 4.69) is 23.8 Å². The SMILES string of the molecule is C=CCCCCCC(NCC)c1cncs1. The molecule has 1 atom stereocenters. The fraction of sp³-hybridized carbons (Fsp3) is 0.615. The molecule has 1 unspecified atom stereocenters. The van der Waals surface area contributed by atoms with Crippen molar-refractivity contribution in [1.82, 2.24) is 10.3 Å². The van der Waals surface area contributed by atoms with Gasteiger partial charge in [-0.2, -0.15) is 0 Å². The monoisotopic (exact) mass is 238 g/mol. The second-order valence-electron chi connectivity index (χ2n) is 3.94. The van der Waals surface area contributed by atoms with Gasteiger partial charge in [0, 0.05) is 17.1 Å². The van der Waals surface area contributed by atoms with E-state index in [4.69, 9.17) is 0 Å². The Balaban J connectivity index is 2.26. The van der Waals surface area contributed by atoms with Crippen LogP contribution in [0.4, 0.5) is 0 Å². The summed E-state index contributed by atoms with van der Waals surface area (Å²) in [5.74, 6) is 0. The molecule has 0 aromatic carbocycles. The van der Waals surface area contributed by atoms with Gasteiger partial charge >= 0.3 is 0 Å². The maximum atomic E-state index is 4.15. The number of rotatable bonds is 9. The summed E-state index contributed by atoms with van der Waals surface area (Å²) < 4.78 is 0. The third-order valence-corrected chi connectivity index (χ3v) is 3.54. The van der Waals surface area contributed by atoms with Crippen molar-refractivity contribution in [2.75, 3.05) is 6.54 Å². The standard InChI is InChI=1S/C13H22N2S/c1-3-5-6-7-8-9-12(15-4-2)13-10-14-11-16-13/h3,10-12,15H,1,4-9H2,2H3. The predicted molar refractivity (Wildman–Crippen MR) is 71.8 cm³/mol. The van der Waals surface area contributed by atoms with E-state index in [9.17, 15) is 0 Å². The maximum absolute atomic E-state index is 4.15. The lowest BCUT2D eigenvalue weighted by molar-refractivity contribution is 0.489. The first-order chi connectivity index (χ1) is 7.88. The van der Waals surface area contributed by atoms with Gasteiger partial charge in [-0.25, -0.2) is 0 Å². The molecule has 1 aromatic heterocycles. The number of hydrogen-bond donors (Lipinski definition) is 1. The molecule has 1 aromatic rings. The van der Waals surface area contributed by atoms with Gasteiger partial charge < -0.3 is 5.32 Å². The smallest absolute Gasteiger partial charge is 0.0794 e. The van der Waals surface area contributed by atoms with E-state index in [0.29, 0.717) is 6.04 Å². The minimum absolute atomic E-state index is 0.501. The van der Waals surface area contributed by atoms with E-state index < -0.39 is 0 Å². The van der Waals surface area contributed by atoms with E-state index in [-0.39, 0.29) is 0 Å². The van der Waals surface area contributed by atoms with Gasteiger partial charge in [0.2, 0.25) is 0 Å². The lowest BCUT2D eigenvalue weighted by atomic mass is 10.1. The lowest BCUT2D eigenvalue weighted by Gasteiger charge is -2.15. The molecular weight excluding hydrogens is 216 g/mol. The zero-order valence-corrected chi connectivity index (χ0v) is 10.9. The number of nitrogens with one attached hydrogen (secondary N) is 1. The maximum Gasteiger partial charge on any atom is 0.0794 e. The molecule has 3 heteroatoms. The Labute approximate surface area is 103 Å². The molecule has 1 rings (SSSR count). The summed E-state index contributed by atoms with van der Waals surface area (Å²) in [5.41, 5.74) is 1.91. The van der Waals surface area contributed by atoms with E-state index in [1.165, 1.54) is 30.6 Å². The first kappa shape index (κ1) is 13.4. The highest BCUT2D eigenvalue weighted by molar-refractivity contribution is 7.09. The van der Waals surface area contributed by atoms with Crippen molar-refractivity contribution >= 4 is 11.3 Å². The fourth-order valence-corrected chi connectivity index (χ4v) is 2.53. The Morgan fingerprint density at radius 3 is 3.00 bits per heavy atom. The number of allylic oxidation sites excluding steroid dienone is 1. The molecule has 0 radical (unpaired) electrons. The molecule has 0 bridgehead atoms. The average Bonchev–Trinajstić information content (AvgIpc) is 2.81. The minimum atomic E-state index is 0.501. The van der Waals surface area contributed by atoms with Gasteiger partial charge in [-0.3, -0.25) is 4.98 Å². The topological polar surface area (TPSA) is 24.9 Å². The molecule has 16 heavy (non-hydrogen) atoms. The molecule has 2 nitrogen and oxygen atoms in total. The number of aromatic nitrogens is 1. The Morgan fingerprint density at radius 1 is 1.50 bits per heavy atom. The van der Waals surface area contributed by atoms with Crippen LogP contribution in [-0.2, 0) is 0 Å². The Morgan fingerprint density at radius 2 is 2.38 bits per heavy atom. The number of thiazole rings is 1. The first-order valence-electron chi connectivity index (χ1n) is 6.11. The lowest BCUT2D eigenvalue weighted by Crippen LogP contribution is -2.19. The normalized spacial score (nSPS) is 12.6. The van der Waals surface area contributed by atoms with Gasteiger partial charge in [0.25, 0.3) is 0 Å². The minimum Gasteiger partial charge on any atom is -0.309 e. The fourth-order valence-electron chi connectivity index (χ4n) is 1.80. The molecule has 0 saturated carbocycles. The third-order valence-electron chi connectivity index (χ3n) is 2.65. The van der Waals surface area contributed by atoms with E-state index >= 15 is 0 Å². The molecule has 90 valence electrons. The van der Waals surface area contributed by atoms with Gasteiger partial charge in [0.15, 0.2) is 0 Å². The molecule has 0 fully saturated rings. The van der Waals surface area contributed by atoms with Crippen molar-refractivity contribution in [3.8, 4) is 0 Å². The van der Waals surface area contributed by atoms with Gasteiger partial charge in [0.05, 0.1) is 5.51 Å². The third kappa shape index (κ3) is 4.90. The quantitative estimate of drug-likeness (QED) is 0.521. The summed E-state index contributed by atoms with van der Waals surface area (Å²) in [6, 6.07) is 0.501. The summed E-state index contributed by atoms with van der Waals surface area (Å²) in [7, 11) is 0. The molecule has 0 aliphatic rings. The van der Waals surface area contributed by atoms with E-state index in [1.807, 2.05) is 17.8 Å². The molecule has 0 amide bonds. The highest BCUT2D eigenvalue weighted by Crippen LogP contribution is 2.23. The summed E-state index contributed by atoms with van der Waals surface area (Å²) >= 11 is 1.75. The molecule has 0 spiro atoms. The van der Waals surface area contributed by atoms with Gasteiger partial charge in [-0.1, -0.05) is 25.8 Å². The molecule has 1 N–H and O–H groups in total. The number of hydrogen-bond acceptors (Lipinski definition) is 3. The van der Waals surface area contributed by atoms with Gasteiger partial charge in [-0.05, 0) is 25.8 Å². The summed E-state index contributed by atoms with van der Waals surface area (Å²) in [6.45, 7) is 6.93. The summed E-state index contributed by atoms with van der Waals surface area (Å²) in [5, 5.41) is 3.53. The van der Waals surface area contributed by atoms with Crippen LogP contribution >= 0.6 is 11.3 Å². The van der Waals surface area contributed by atoms with Crippen LogP contribution in [0.1, 0.15) is 49.9 Å². The van der Waals surface area contributed by atoms with Gasteiger partial charge in [0.1, 0.15) is 0 Å². The van der Waals surface area contributed by atoms with E-state index in [1.54, 1.807) is 11.3 Å². The largest absolute Gasteiger partial charge is 0.309 e. The zero-order chi connectivity index (χ0) is 11.6. The summed E-state index contributed by atoms with van der Waals surface area (Å²) in [6.07, 6.45) is 10.2. The Hall–Kier alpha value is -0.670. The van der Waals surface area contributed by atoms with Crippen molar-refractivity contribution in [2.45, 2.75) is 45.1 Å². The highest BCUT2D eigenvalue weighted by Gasteiger charge is 2.10.